The largest absolute Gasteiger partial charge is 0.487 e. The Morgan fingerprint density at radius 1 is 1.33 bits per heavy atom. The van der Waals surface area contributed by atoms with Gasteiger partial charge in [0, 0.05) is 24.0 Å². The Morgan fingerprint density at radius 3 is 2.83 bits per heavy atom. The van der Waals surface area contributed by atoms with Crippen molar-refractivity contribution in [2.45, 2.75) is 13.5 Å². The van der Waals surface area contributed by atoms with Gasteiger partial charge in [0.2, 0.25) is 0 Å². The van der Waals surface area contributed by atoms with Crippen LogP contribution in [0.15, 0.2) is 35.1 Å². The monoisotopic (exact) mass is 310 g/mol. The topological polar surface area (TPSA) is 48.1 Å². The van der Waals surface area contributed by atoms with Gasteiger partial charge in [-0.15, -0.1) is 0 Å². The van der Waals surface area contributed by atoms with Gasteiger partial charge in [-0.05, 0) is 40.5 Å². The molecular formula is C13H12BrFN2O. The summed E-state index contributed by atoms with van der Waals surface area (Å²) in [5.74, 6) is -0.0706. The van der Waals surface area contributed by atoms with Gasteiger partial charge in [0.1, 0.15) is 18.2 Å². The van der Waals surface area contributed by atoms with E-state index in [4.69, 9.17) is 10.5 Å². The fourth-order valence-electron chi connectivity index (χ4n) is 1.53. The van der Waals surface area contributed by atoms with Crippen molar-refractivity contribution in [2.75, 3.05) is 5.73 Å². The van der Waals surface area contributed by atoms with Crippen LogP contribution in [-0.4, -0.2) is 4.98 Å². The second-order valence-electron chi connectivity index (χ2n) is 3.96. The van der Waals surface area contributed by atoms with Crippen LogP contribution in [0.25, 0.3) is 0 Å². The van der Waals surface area contributed by atoms with Gasteiger partial charge in [0.05, 0.1) is 10.2 Å². The summed E-state index contributed by atoms with van der Waals surface area (Å²) in [5, 5.41) is 0. The van der Waals surface area contributed by atoms with Crippen LogP contribution in [0.4, 0.5) is 10.1 Å². The standard InChI is InChI=1S/C13H12BrFN2O/c1-8-2-9(6-17-5-8)7-18-13-4-11(15)10(14)3-12(13)16/h2-6H,7,16H2,1H3. The van der Waals surface area contributed by atoms with Gasteiger partial charge < -0.3 is 10.5 Å². The lowest BCUT2D eigenvalue weighted by Crippen LogP contribution is -2.00. The Morgan fingerprint density at radius 2 is 2.11 bits per heavy atom. The lowest BCUT2D eigenvalue weighted by molar-refractivity contribution is 0.305. The molecule has 2 rings (SSSR count). The predicted octanol–water partition coefficient (Wildman–Crippen LogP) is 3.45. The maximum absolute atomic E-state index is 13.4. The summed E-state index contributed by atoms with van der Waals surface area (Å²) in [5.41, 5.74) is 8.10. The van der Waals surface area contributed by atoms with Crippen molar-refractivity contribution in [3.05, 3.63) is 52.0 Å². The Balaban J connectivity index is 2.13. The summed E-state index contributed by atoms with van der Waals surface area (Å²) >= 11 is 3.07. The van der Waals surface area contributed by atoms with Crippen molar-refractivity contribution in [1.82, 2.24) is 4.98 Å². The van der Waals surface area contributed by atoms with E-state index in [1.165, 1.54) is 12.1 Å². The fourth-order valence-corrected chi connectivity index (χ4v) is 1.89. The zero-order valence-corrected chi connectivity index (χ0v) is 11.4. The molecule has 0 atom stereocenters. The number of nitrogen functional groups attached to an aromatic ring is 1. The van der Waals surface area contributed by atoms with E-state index in [2.05, 4.69) is 20.9 Å². The Labute approximate surface area is 113 Å². The molecule has 0 saturated carbocycles. The molecule has 18 heavy (non-hydrogen) atoms. The average Bonchev–Trinajstić information content (AvgIpc) is 2.32. The summed E-state index contributed by atoms with van der Waals surface area (Å²) in [4.78, 5) is 4.06. The number of rotatable bonds is 3. The molecule has 0 aliphatic heterocycles. The fraction of sp³-hybridized carbons (Fsp3) is 0.154. The number of aryl methyl sites for hydroxylation is 1. The molecule has 0 saturated heterocycles. The van der Waals surface area contributed by atoms with Gasteiger partial charge in [-0.1, -0.05) is 0 Å². The lowest BCUT2D eigenvalue weighted by atomic mass is 10.2. The molecule has 0 aliphatic carbocycles. The molecule has 1 aromatic carbocycles. The minimum Gasteiger partial charge on any atom is -0.487 e. The summed E-state index contributed by atoms with van der Waals surface area (Å²) in [6, 6.07) is 4.71. The Bertz CT molecular complexity index is 575. The third-order valence-corrected chi connectivity index (χ3v) is 2.99. The molecule has 5 heteroatoms. The van der Waals surface area contributed by atoms with E-state index in [0.717, 1.165) is 11.1 Å². The van der Waals surface area contributed by atoms with Crippen molar-refractivity contribution >= 4 is 21.6 Å². The highest BCUT2D eigenvalue weighted by Gasteiger charge is 2.07. The first-order valence-corrected chi connectivity index (χ1v) is 6.13. The molecule has 0 unspecified atom stereocenters. The Hall–Kier alpha value is -1.62. The van der Waals surface area contributed by atoms with Crippen LogP contribution in [0.3, 0.4) is 0 Å². The number of aromatic nitrogens is 1. The van der Waals surface area contributed by atoms with Crippen LogP contribution >= 0.6 is 15.9 Å². The van der Waals surface area contributed by atoms with Gasteiger partial charge >= 0.3 is 0 Å². The molecule has 3 nitrogen and oxygen atoms in total. The van der Waals surface area contributed by atoms with Crippen LogP contribution in [0.5, 0.6) is 5.75 Å². The number of anilines is 1. The van der Waals surface area contributed by atoms with Gasteiger partial charge in [-0.3, -0.25) is 4.98 Å². The van der Waals surface area contributed by atoms with Crippen molar-refractivity contribution in [2.24, 2.45) is 0 Å². The van der Waals surface area contributed by atoms with E-state index in [1.54, 1.807) is 12.4 Å². The number of pyridine rings is 1. The van der Waals surface area contributed by atoms with E-state index in [-0.39, 0.29) is 0 Å². The minimum absolute atomic E-state index is 0.306. The van der Waals surface area contributed by atoms with Crippen LogP contribution < -0.4 is 10.5 Å². The summed E-state index contributed by atoms with van der Waals surface area (Å²) in [7, 11) is 0. The zero-order chi connectivity index (χ0) is 13.1. The normalized spacial score (nSPS) is 10.4. The van der Waals surface area contributed by atoms with Crippen molar-refractivity contribution in [1.29, 1.82) is 0 Å². The van der Waals surface area contributed by atoms with Crippen molar-refractivity contribution < 1.29 is 9.13 Å². The van der Waals surface area contributed by atoms with E-state index < -0.39 is 5.82 Å². The molecule has 0 aliphatic rings. The number of benzene rings is 1. The molecule has 2 aromatic rings. The van der Waals surface area contributed by atoms with Crippen LogP contribution in [-0.2, 0) is 6.61 Å². The molecule has 0 radical (unpaired) electrons. The molecule has 0 spiro atoms. The number of ether oxygens (including phenoxy) is 1. The first-order chi connectivity index (χ1) is 8.56. The molecule has 1 heterocycles. The third-order valence-electron chi connectivity index (χ3n) is 2.38. The lowest BCUT2D eigenvalue weighted by Gasteiger charge is -2.10. The number of nitrogens with two attached hydrogens (primary N) is 1. The van der Waals surface area contributed by atoms with Crippen LogP contribution in [0, 0.1) is 12.7 Å². The van der Waals surface area contributed by atoms with Crippen LogP contribution in [0.1, 0.15) is 11.1 Å². The van der Waals surface area contributed by atoms with Crippen LogP contribution in [0.2, 0.25) is 0 Å². The molecule has 0 fully saturated rings. The zero-order valence-electron chi connectivity index (χ0n) is 9.78. The minimum atomic E-state index is -0.401. The molecule has 0 amide bonds. The van der Waals surface area contributed by atoms with Gasteiger partial charge in [-0.25, -0.2) is 4.39 Å². The second-order valence-corrected chi connectivity index (χ2v) is 4.82. The summed E-state index contributed by atoms with van der Waals surface area (Å²) < 4.78 is 19.2. The average molecular weight is 311 g/mol. The molecule has 2 N–H and O–H groups in total. The molecule has 94 valence electrons. The highest BCUT2D eigenvalue weighted by atomic mass is 79.9. The van der Waals surface area contributed by atoms with E-state index >= 15 is 0 Å². The highest BCUT2D eigenvalue weighted by Crippen LogP contribution is 2.28. The second kappa shape index (κ2) is 5.35. The predicted molar refractivity (Wildman–Crippen MR) is 71.8 cm³/mol. The molecule has 0 bridgehead atoms. The number of halogens is 2. The third kappa shape index (κ3) is 2.98. The summed E-state index contributed by atoms with van der Waals surface area (Å²) in [6.45, 7) is 2.25. The van der Waals surface area contributed by atoms with E-state index in [1.807, 2.05) is 13.0 Å². The van der Waals surface area contributed by atoms with Gasteiger partial charge in [-0.2, -0.15) is 0 Å². The SMILES string of the molecule is Cc1cncc(COc2cc(F)c(Br)cc2N)c1. The first-order valence-electron chi connectivity index (χ1n) is 5.34. The van der Waals surface area contributed by atoms with E-state index in [9.17, 15) is 4.39 Å². The van der Waals surface area contributed by atoms with Crippen molar-refractivity contribution in [3.63, 3.8) is 0 Å². The first kappa shape index (κ1) is 12.8. The quantitative estimate of drug-likeness (QED) is 0.883. The molecule has 1 aromatic heterocycles. The maximum atomic E-state index is 13.4. The van der Waals surface area contributed by atoms with Crippen molar-refractivity contribution in [3.8, 4) is 5.75 Å². The maximum Gasteiger partial charge on any atom is 0.145 e. The molecular weight excluding hydrogens is 299 g/mol. The van der Waals surface area contributed by atoms with Gasteiger partial charge in [0.15, 0.2) is 0 Å². The summed E-state index contributed by atoms with van der Waals surface area (Å²) in [6.07, 6.45) is 3.47. The van der Waals surface area contributed by atoms with Gasteiger partial charge in [0.25, 0.3) is 0 Å². The Kier molecular flexibility index (Phi) is 3.81. The smallest absolute Gasteiger partial charge is 0.145 e. The number of nitrogens with zero attached hydrogens (tertiary/aromatic N) is 1. The van der Waals surface area contributed by atoms with E-state index in [0.29, 0.717) is 22.5 Å². The number of hydrogen-bond donors (Lipinski definition) is 1. The highest BCUT2D eigenvalue weighted by molar-refractivity contribution is 9.10. The number of hydrogen-bond acceptors (Lipinski definition) is 3.